The number of nitrogens with one attached hydrogen (secondary N) is 1. The molecule has 4 heteroatoms. The second kappa shape index (κ2) is 7.06. The number of carbonyl (C=O) groups is 1. The summed E-state index contributed by atoms with van der Waals surface area (Å²) in [5, 5.41) is 5.47. The van der Waals surface area contributed by atoms with E-state index in [0.29, 0.717) is 12.6 Å². The highest BCUT2D eigenvalue weighted by atomic mass is 32.1. The van der Waals surface area contributed by atoms with Gasteiger partial charge in [0.25, 0.3) is 0 Å². The molecule has 19 heavy (non-hydrogen) atoms. The second-order valence-corrected chi connectivity index (χ2v) is 6.59. The first-order valence-corrected chi connectivity index (χ1v) is 8.10. The lowest BCUT2D eigenvalue weighted by molar-refractivity contribution is -0.132. The van der Waals surface area contributed by atoms with Gasteiger partial charge < -0.3 is 10.2 Å². The van der Waals surface area contributed by atoms with Gasteiger partial charge in [-0.3, -0.25) is 4.79 Å². The molecule has 0 spiro atoms. The second-order valence-electron chi connectivity index (χ2n) is 5.56. The number of amides is 1. The van der Waals surface area contributed by atoms with Gasteiger partial charge in [0.1, 0.15) is 0 Å². The van der Waals surface area contributed by atoms with E-state index >= 15 is 0 Å². The van der Waals surface area contributed by atoms with Crippen molar-refractivity contribution in [3.8, 4) is 0 Å². The van der Waals surface area contributed by atoms with Gasteiger partial charge in [-0.25, -0.2) is 0 Å². The van der Waals surface area contributed by atoms with Gasteiger partial charge in [-0.15, -0.1) is 11.3 Å². The molecule has 1 saturated carbocycles. The Hall–Kier alpha value is -0.870. The summed E-state index contributed by atoms with van der Waals surface area (Å²) >= 11 is 1.72. The van der Waals surface area contributed by atoms with Crippen molar-refractivity contribution in [1.82, 2.24) is 10.2 Å². The van der Waals surface area contributed by atoms with E-state index in [0.717, 1.165) is 6.54 Å². The topological polar surface area (TPSA) is 32.3 Å². The molecule has 0 aliphatic heterocycles. The van der Waals surface area contributed by atoms with Crippen LogP contribution in [0.15, 0.2) is 17.5 Å². The first-order chi connectivity index (χ1) is 9.16. The monoisotopic (exact) mass is 280 g/mol. The first-order valence-electron chi connectivity index (χ1n) is 7.22. The smallest absolute Gasteiger partial charge is 0.237 e. The predicted molar refractivity (Wildman–Crippen MR) is 80.3 cm³/mol. The van der Waals surface area contributed by atoms with E-state index in [4.69, 9.17) is 0 Å². The fourth-order valence-corrected chi connectivity index (χ4v) is 3.29. The molecule has 1 amide bonds. The fraction of sp³-hybridized carbons (Fsp3) is 0.667. The minimum atomic E-state index is 0.218. The summed E-state index contributed by atoms with van der Waals surface area (Å²) in [6.45, 7) is 5.39. The van der Waals surface area contributed by atoms with Crippen LogP contribution in [0.25, 0.3) is 0 Å². The molecule has 0 atom stereocenters. The number of thiophene rings is 1. The molecule has 1 heterocycles. The SMILES string of the molecule is CC(C)N(Cc1cccs1)C(=O)CNC1CCCC1. The maximum absolute atomic E-state index is 12.3. The van der Waals surface area contributed by atoms with Gasteiger partial charge in [0.15, 0.2) is 0 Å². The van der Waals surface area contributed by atoms with E-state index < -0.39 is 0 Å². The zero-order valence-corrected chi connectivity index (χ0v) is 12.7. The summed E-state index contributed by atoms with van der Waals surface area (Å²) < 4.78 is 0. The quantitative estimate of drug-likeness (QED) is 0.868. The Morgan fingerprint density at radius 2 is 2.21 bits per heavy atom. The molecular formula is C15H24N2OS. The number of hydrogen-bond donors (Lipinski definition) is 1. The van der Waals surface area contributed by atoms with E-state index in [1.807, 2.05) is 11.0 Å². The van der Waals surface area contributed by atoms with E-state index in [1.165, 1.54) is 30.6 Å². The Bertz CT molecular complexity index is 383. The molecule has 0 radical (unpaired) electrons. The lowest BCUT2D eigenvalue weighted by Crippen LogP contribution is -2.43. The molecule has 2 rings (SSSR count). The zero-order valence-electron chi connectivity index (χ0n) is 11.9. The third-order valence-electron chi connectivity index (χ3n) is 3.75. The number of carbonyl (C=O) groups excluding carboxylic acids is 1. The van der Waals surface area contributed by atoms with Crippen molar-refractivity contribution in [3.05, 3.63) is 22.4 Å². The van der Waals surface area contributed by atoms with Gasteiger partial charge >= 0.3 is 0 Å². The highest BCUT2D eigenvalue weighted by Crippen LogP contribution is 2.18. The van der Waals surface area contributed by atoms with E-state index in [9.17, 15) is 4.79 Å². The van der Waals surface area contributed by atoms with Crippen LogP contribution in [0, 0.1) is 0 Å². The number of hydrogen-bond acceptors (Lipinski definition) is 3. The van der Waals surface area contributed by atoms with E-state index in [1.54, 1.807) is 11.3 Å². The average Bonchev–Trinajstić information content (AvgIpc) is 3.05. The molecule has 0 aromatic carbocycles. The third kappa shape index (κ3) is 4.32. The molecule has 0 bridgehead atoms. The molecule has 1 aliphatic rings. The van der Waals surface area contributed by atoms with Crippen molar-refractivity contribution in [2.24, 2.45) is 0 Å². The molecule has 3 nitrogen and oxygen atoms in total. The number of nitrogens with zero attached hydrogens (tertiary/aromatic N) is 1. The van der Waals surface area contributed by atoms with Crippen LogP contribution in [0.1, 0.15) is 44.4 Å². The molecule has 1 fully saturated rings. The lowest BCUT2D eigenvalue weighted by atomic mass is 10.2. The van der Waals surface area contributed by atoms with Crippen molar-refractivity contribution in [2.45, 2.75) is 58.2 Å². The Labute approximate surface area is 120 Å². The van der Waals surface area contributed by atoms with Crippen molar-refractivity contribution >= 4 is 17.2 Å². The fourth-order valence-electron chi connectivity index (χ4n) is 2.59. The third-order valence-corrected chi connectivity index (χ3v) is 4.61. The molecular weight excluding hydrogens is 256 g/mol. The Balaban J connectivity index is 1.85. The van der Waals surface area contributed by atoms with E-state index in [2.05, 4.69) is 30.6 Å². The average molecular weight is 280 g/mol. The summed E-state index contributed by atoms with van der Waals surface area (Å²) in [5.74, 6) is 0.218. The van der Waals surface area contributed by atoms with Gasteiger partial charge in [-0.05, 0) is 38.1 Å². The van der Waals surface area contributed by atoms with Crippen LogP contribution in [-0.2, 0) is 11.3 Å². The highest BCUT2D eigenvalue weighted by Gasteiger charge is 2.20. The summed E-state index contributed by atoms with van der Waals surface area (Å²) in [4.78, 5) is 15.6. The predicted octanol–water partition coefficient (Wildman–Crippen LogP) is 3.02. The molecule has 0 unspecified atom stereocenters. The van der Waals surface area contributed by atoms with Crippen LogP contribution >= 0.6 is 11.3 Å². The zero-order chi connectivity index (χ0) is 13.7. The molecule has 106 valence electrons. The van der Waals surface area contributed by atoms with Gasteiger partial charge in [-0.2, -0.15) is 0 Å². The summed E-state index contributed by atoms with van der Waals surface area (Å²) in [7, 11) is 0. The van der Waals surface area contributed by atoms with Crippen LogP contribution in [0.5, 0.6) is 0 Å². The van der Waals surface area contributed by atoms with Crippen LogP contribution in [-0.4, -0.2) is 29.4 Å². The Kier molecular flexibility index (Phi) is 5.40. The van der Waals surface area contributed by atoms with Crippen molar-refractivity contribution < 1.29 is 4.79 Å². The first kappa shape index (κ1) is 14.5. The molecule has 1 N–H and O–H groups in total. The van der Waals surface area contributed by atoms with Crippen LogP contribution in [0.4, 0.5) is 0 Å². The van der Waals surface area contributed by atoms with Crippen LogP contribution in [0.3, 0.4) is 0 Å². The van der Waals surface area contributed by atoms with Gasteiger partial charge in [0, 0.05) is 17.0 Å². The number of rotatable bonds is 6. The molecule has 0 saturated heterocycles. The van der Waals surface area contributed by atoms with Gasteiger partial charge in [-0.1, -0.05) is 18.9 Å². The summed E-state index contributed by atoms with van der Waals surface area (Å²) in [5.41, 5.74) is 0. The molecule has 1 aromatic rings. The van der Waals surface area contributed by atoms with Crippen molar-refractivity contribution in [2.75, 3.05) is 6.54 Å². The largest absolute Gasteiger partial charge is 0.334 e. The minimum absolute atomic E-state index is 0.218. The highest BCUT2D eigenvalue weighted by molar-refractivity contribution is 7.09. The maximum Gasteiger partial charge on any atom is 0.237 e. The van der Waals surface area contributed by atoms with Gasteiger partial charge in [0.05, 0.1) is 13.1 Å². The summed E-state index contributed by atoms with van der Waals surface area (Å²) in [6, 6.07) is 4.94. The van der Waals surface area contributed by atoms with Gasteiger partial charge in [0.2, 0.25) is 5.91 Å². The van der Waals surface area contributed by atoms with Crippen LogP contribution in [0.2, 0.25) is 0 Å². The normalized spacial score (nSPS) is 16.2. The molecule has 1 aliphatic carbocycles. The maximum atomic E-state index is 12.3. The minimum Gasteiger partial charge on any atom is -0.334 e. The van der Waals surface area contributed by atoms with E-state index in [-0.39, 0.29) is 11.9 Å². The lowest BCUT2D eigenvalue weighted by Gasteiger charge is -2.27. The molecule has 1 aromatic heterocycles. The standard InChI is InChI=1S/C15H24N2OS/c1-12(2)17(11-14-8-5-9-19-14)15(18)10-16-13-6-3-4-7-13/h5,8-9,12-13,16H,3-4,6-7,10-11H2,1-2H3. The summed E-state index contributed by atoms with van der Waals surface area (Å²) in [6.07, 6.45) is 5.05. The van der Waals surface area contributed by atoms with Crippen LogP contribution < -0.4 is 5.32 Å². The Morgan fingerprint density at radius 1 is 1.47 bits per heavy atom. The van der Waals surface area contributed by atoms with Crippen molar-refractivity contribution in [3.63, 3.8) is 0 Å². The Morgan fingerprint density at radius 3 is 2.79 bits per heavy atom. The van der Waals surface area contributed by atoms with Crippen molar-refractivity contribution in [1.29, 1.82) is 0 Å².